The van der Waals surface area contributed by atoms with Crippen LogP contribution in [0.2, 0.25) is 0 Å². The van der Waals surface area contributed by atoms with E-state index in [9.17, 15) is 24.3 Å². The first kappa shape index (κ1) is 30.0. The monoisotopic (exact) mass is 484 g/mol. The first-order valence-corrected chi connectivity index (χ1v) is 12.2. The molecule has 0 saturated carbocycles. The maximum atomic E-state index is 12.6. The zero-order valence-electron chi connectivity index (χ0n) is 21.7. The molecule has 0 fully saturated rings. The van der Waals surface area contributed by atoms with E-state index < -0.39 is 22.8 Å². The number of allylic oxidation sites excluding steroid dienone is 10. The number of hydrogen-bond donors (Lipinski definition) is 2. The number of unbranched alkanes of at least 4 members (excludes halogenated alkanes) is 2. The summed E-state index contributed by atoms with van der Waals surface area (Å²) in [5.41, 5.74) is 1.39. The summed E-state index contributed by atoms with van der Waals surface area (Å²) in [7, 11) is 0. The molecule has 0 aliphatic heterocycles. The fraction of sp³-hybridized carbons (Fsp3) is 0.517. The van der Waals surface area contributed by atoms with Crippen LogP contribution in [-0.2, 0) is 19.2 Å². The molecule has 0 spiro atoms. The van der Waals surface area contributed by atoms with E-state index in [4.69, 9.17) is 5.11 Å². The van der Waals surface area contributed by atoms with Gasteiger partial charge in [0, 0.05) is 11.1 Å². The standard InChI is InChI=1S/C29H40O6/c1-21(12-14-22(20-30)10-6-8-18-28(2,3)26(32)33)13-15-24-17-16-23(25(24)31)11-7-9-19-29(4,5)27(34)35/h12-17,20H,6-11,18-19H2,1-5H3,(H,32,33)(H,34,35)/b15-13-,21-12+,22-14-. The second-order valence-electron chi connectivity index (χ2n) is 10.5. The van der Waals surface area contributed by atoms with Gasteiger partial charge in [-0.05, 0) is 78.7 Å². The Kier molecular flexibility index (Phi) is 11.8. The number of aldehydes is 1. The predicted molar refractivity (Wildman–Crippen MR) is 138 cm³/mol. The third kappa shape index (κ3) is 10.4. The number of ketones is 1. The molecule has 0 aromatic heterocycles. The zero-order chi connectivity index (χ0) is 26.6. The molecule has 6 heteroatoms. The number of carbonyl (C=O) groups excluding carboxylic acids is 2. The number of carboxylic acid groups (broad SMARTS) is 2. The van der Waals surface area contributed by atoms with Crippen LogP contribution in [0.25, 0.3) is 0 Å². The number of hydrogen-bond acceptors (Lipinski definition) is 4. The predicted octanol–water partition coefficient (Wildman–Crippen LogP) is 6.39. The van der Waals surface area contributed by atoms with Crippen LogP contribution in [0, 0.1) is 10.8 Å². The van der Waals surface area contributed by atoms with Crippen molar-refractivity contribution in [3.63, 3.8) is 0 Å². The molecular formula is C29H40O6. The molecule has 2 N–H and O–H groups in total. The van der Waals surface area contributed by atoms with Crippen molar-refractivity contribution in [2.75, 3.05) is 0 Å². The van der Waals surface area contributed by atoms with Gasteiger partial charge in [0.05, 0.1) is 10.8 Å². The van der Waals surface area contributed by atoms with Crippen LogP contribution >= 0.6 is 0 Å². The third-order valence-electron chi connectivity index (χ3n) is 6.43. The average Bonchev–Trinajstić information content (AvgIpc) is 3.13. The van der Waals surface area contributed by atoms with E-state index in [0.29, 0.717) is 36.8 Å². The number of carbonyl (C=O) groups is 4. The number of rotatable bonds is 16. The SMILES string of the molecule is CC(/C=C\C1=CC=C(CCCCC(C)(C)C(=O)O)C1=O)=C\C=C(/C=O)CCCCC(C)(C)C(=O)O. The van der Waals surface area contributed by atoms with E-state index >= 15 is 0 Å². The molecule has 1 aliphatic carbocycles. The van der Waals surface area contributed by atoms with Gasteiger partial charge in [-0.3, -0.25) is 19.2 Å². The lowest BCUT2D eigenvalue weighted by Crippen LogP contribution is -2.23. The van der Waals surface area contributed by atoms with E-state index in [0.717, 1.165) is 43.1 Å². The fourth-order valence-corrected chi connectivity index (χ4v) is 3.54. The highest BCUT2D eigenvalue weighted by Gasteiger charge is 2.27. The van der Waals surface area contributed by atoms with Crippen molar-refractivity contribution in [3.8, 4) is 0 Å². The molecule has 0 aromatic rings. The van der Waals surface area contributed by atoms with Gasteiger partial charge in [0.1, 0.15) is 6.29 Å². The van der Waals surface area contributed by atoms with E-state index in [1.54, 1.807) is 45.9 Å². The summed E-state index contributed by atoms with van der Waals surface area (Å²) in [6.07, 6.45) is 17.0. The topological polar surface area (TPSA) is 109 Å². The zero-order valence-corrected chi connectivity index (χ0v) is 21.7. The molecule has 0 atom stereocenters. The molecular weight excluding hydrogens is 444 g/mol. The van der Waals surface area contributed by atoms with E-state index in [-0.39, 0.29) is 5.78 Å². The molecule has 0 aromatic carbocycles. The molecule has 0 radical (unpaired) electrons. The van der Waals surface area contributed by atoms with Crippen LogP contribution in [0.3, 0.4) is 0 Å². The van der Waals surface area contributed by atoms with Gasteiger partial charge in [-0.15, -0.1) is 0 Å². The van der Waals surface area contributed by atoms with Gasteiger partial charge in [0.2, 0.25) is 0 Å². The minimum absolute atomic E-state index is 0.0000440. The lowest BCUT2D eigenvalue weighted by molar-refractivity contribution is -0.148. The van der Waals surface area contributed by atoms with Gasteiger partial charge < -0.3 is 10.2 Å². The highest BCUT2D eigenvalue weighted by molar-refractivity contribution is 6.13. The Balaban J connectivity index is 2.50. The van der Waals surface area contributed by atoms with Crippen LogP contribution in [0.5, 0.6) is 0 Å². The Labute approximate surface area is 209 Å². The summed E-state index contributed by atoms with van der Waals surface area (Å²) in [6.45, 7) is 8.73. The number of Topliss-reactive ketones (excluding diaryl/α,β-unsaturated/α-hetero) is 1. The number of aliphatic carboxylic acids is 2. The summed E-state index contributed by atoms with van der Waals surface area (Å²) in [4.78, 5) is 46.3. The normalized spacial score (nSPS) is 15.4. The minimum Gasteiger partial charge on any atom is -0.481 e. The minimum atomic E-state index is -0.813. The van der Waals surface area contributed by atoms with Gasteiger partial charge >= 0.3 is 11.9 Å². The molecule has 6 nitrogen and oxygen atoms in total. The molecule has 0 amide bonds. The maximum absolute atomic E-state index is 12.6. The van der Waals surface area contributed by atoms with Gasteiger partial charge in [0.15, 0.2) is 5.78 Å². The van der Waals surface area contributed by atoms with Crippen molar-refractivity contribution in [1.82, 2.24) is 0 Å². The molecule has 0 saturated heterocycles. The van der Waals surface area contributed by atoms with Crippen LogP contribution < -0.4 is 0 Å². The van der Waals surface area contributed by atoms with Crippen LogP contribution in [0.4, 0.5) is 0 Å². The maximum Gasteiger partial charge on any atom is 0.309 e. The van der Waals surface area contributed by atoms with Gasteiger partial charge in [-0.2, -0.15) is 0 Å². The summed E-state index contributed by atoms with van der Waals surface area (Å²) in [5, 5.41) is 18.3. The molecule has 192 valence electrons. The summed E-state index contributed by atoms with van der Waals surface area (Å²) < 4.78 is 0. The highest BCUT2D eigenvalue weighted by Crippen LogP contribution is 2.27. The van der Waals surface area contributed by atoms with E-state index in [1.165, 1.54) is 0 Å². The summed E-state index contributed by atoms with van der Waals surface area (Å²) in [6, 6.07) is 0. The molecule has 0 bridgehead atoms. The lowest BCUT2D eigenvalue weighted by Gasteiger charge is -2.18. The summed E-state index contributed by atoms with van der Waals surface area (Å²) >= 11 is 0. The Morgan fingerprint density at radius 3 is 2.00 bits per heavy atom. The Bertz CT molecular complexity index is 954. The van der Waals surface area contributed by atoms with Crippen LogP contribution in [0.15, 0.2) is 58.7 Å². The summed E-state index contributed by atoms with van der Waals surface area (Å²) in [5.74, 6) is -1.62. The largest absolute Gasteiger partial charge is 0.481 e. The molecule has 0 heterocycles. The Hall–Kier alpha value is -3.02. The average molecular weight is 485 g/mol. The van der Waals surface area contributed by atoms with Crippen LogP contribution in [0.1, 0.15) is 86.0 Å². The molecule has 1 aliphatic rings. The molecule has 35 heavy (non-hydrogen) atoms. The Morgan fingerprint density at radius 1 is 0.886 bits per heavy atom. The lowest BCUT2D eigenvalue weighted by atomic mass is 9.86. The van der Waals surface area contributed by atoms with Gasteiger partial charge in [-0.1, -0.05) is 54.9 Å². The molecule has 0 unspecified atom stereocenters. The number of carboxylic acids is 2. The van der Waals surface area contributed by atoms with Crippen molar-refractivity contribution < 1.29 is 29.4 Å². The highest BCUT2D eigenvalue weighted by atomic mass is 16.4. The van der Waals surface area contributed by atoms with E-state index in [1.807, 2.05) is 25.2 Å². The smallest absolute Gasteiger partial charge is 0.309 e. The molecule has 1 rings (SSSR count). The third-order valence-corrected chi connectivity index (χ3v) is 6.43. The quantitative estimate of drug-likeness (QED) is 0.114. The van der Waals surface area contributed by atoms with Crippen molar-refractivity contribution in [1.29, 1.82) is 0 Å². The van der Waals surface area contributed by atoms with E-state index in [2.05, 4.69) is 0 Å². The van der Waals surface area contributed by atoms with Gasteiger partial charge in [-0.25, -0.2) is 0 Å². The second kappa shape index (κ2) is 13.8. The van der Waals surface area contributed by atoms with Crippen molar-refractivity contribution in [2.24, 2.45) is 10.8 Å². The van der Waals surface area contributed by atoms with Crippen molar-refractivity contribution in [3.05, 3.63) is 58.7 Å². The van der Waals surface area contributed by atoms with Crippen molar-refractivity contribution in [2.45, 2.75) is 86.0 Å². The van der Waals surface area contributed by atoms with Crippen LogP contribution in [-0.4, -0.2) is 34.2 Å². The fourth-order valence-electron chi connectivity index (χ4n) is 3.54. The second-order valence-corrected chi connectivity index (χ2v) is 10.5. The van der Waals surface area contributed by atoms with Gasteiger partial charge in [0.25, 0.3) is 0 Å². The van der Waals surface area contributed by atoms with Crippen molar-refractivity contribution >= 4 is 24.0 Å². The first-order chi connectivity index (χ1) is 16.3. The Morgan fingerprint density at radius 2 is 1.46 bits per heavy atom. The first-order valence-electron chi connectivity index (χ1n) is 12.2.